The van der Waals surface area contributed by atoms with E-state index in [4.69, 9.17) is 9.15 Å². The highest BCUT2D eigenvalue weighted by Crippen LogP contribution is 2.34. The lowest BCUT2D eigenvalue weighted by Crippen LogP contribution is -2.27. The number of aryl methyl sites for hydroxylation is 1. The number of rotatable bonds is 5. The second-order valence-corrected chi connectivity index (χ2v) is 7.40. The number of nitrogens with zero attached hydrogens (tertiary/aromatic N) is 1. The first-order valence-electron chi connectivity index (χ1n) is 9.59. The van der Waals surface area contributed by atoms with Gasteiger partial charge in [0, 0.05) is 18.5 Å². The van der Waals surface area contributed by atoms with Gasteiger partial charge in [-0.2, -0.15) is 0 Å². The van der Waals surface area contributed by atoms with E-state index in [2.05, 4.69) is 54.4 Å². The van der Waals surface area contributed by atoms with Crippen LogP contribution in [0.3, 0.4) is 0 Å². The lowest BCUT2D eigenvalue weighted by Gasteiger charge is -2.30. The molecule has 0 spiro atoms. The van der Waals surface area contributed by atoms with Crippen LogP contribution in [0.25, 0.3) is 16.5 Å². The Morgan fingerprint density at radius 3 is 2.78 bits per heavy atom. The summed E-state index contributed by atoms with van der Waals surface area (Å²) in [6, 6.07) is 16.6. The lowest BCUT2D eigenvalue weighted by atomic mass is 9.86. The van der Waals surface area contributed by atoms with E-state index in [9.17, 15) is 0 Å². The summed E-state index contributed by atoms with van der Waals surface area (Å²) in [6.45, 7) is 4.85. The molecule has 2 aromatic carbocycles. The number of allylic oxidation sites excluding steroid dienone is 1. The monoisotopic (exact) mass is 357 g/mol. The van der Waals surface area contributed by atoms with Crippen molar-refractivity contribution in [3.05, 3.63) is 83.3 Å². The Balaban J connectivity index is 1.31. The van der Waals surface area contributed by atoms with Gasteiger partial charge in [0.2, 0.25) is 0 Å². The third-order valence-electron chi connectivity index (χ3n) is 5.61. The van der Waals surface area contributed by atoms with E-state index >= 15 is 0 Å². The maximum Gasteiger partial charge on any atom is 0.146 e. The normalized spacial score (nSPS) is 15.8. The van der Waals surface area contributed by atoms with E-state index < -0.39 is 0 Å². The average molecular weight is 357 g/mol. The molecule has 2 aliphatic rings. The summed E-state index contributed by atoms with van der Waals surface area (Å²) in [5.74, 6) is 1.77. The standard InChI is InChI=1S/C24H23NO2/c1-17-20(15-25-11-4-12-25)8-7-18-13-21(9-10-23(17)18)26-16-22-14-19-5-2-3-6-24(19)27-22/h2-6,9-11,13-14H,7-8,12,15-16H2,1H3. The second-order valence-electron chi connectivity index (χ2n) is 7.40. The van der Waals surface area contributed by atoms with Crippen molar-refractivity contribution in [2.75, 3.05) is 13.1 Å². The number of fused-ring (bicyclic) bond motifs is 2. The molecule has 2 heterocycles. The Hall–Kier alpha value is -2.94. The highest BCUT2D eigenvalue weighted by molar-refractivity contribution is 5.77. The van der Waals surface area contributed by atoms with Crippen molar-refractivity contribution in [3.8, 4) is 5.75 Å². The predicted octanol–water partition coefficient (Wildman–Crippen LogP) is 5.56. The number of hydrogen-bond donors (Lipinski definition) is 0. The van der Waals surface area contributed by atoms with Gasteiger partial charge in [-0.15, -0.1) is 0 Å². The SMILES string of the molecule is CC1=C(CN2C=CC2)CCc2cc(OCc3cc4ccccc4o3)ccc21. The minimum Gasteiger partial charge on any atom is -0.486 e. The molecular formula is C24H23NO2. The molecule has 0 N–H and O–H groups in total. The van der Waals surface area contributed by atoms with Crippen LogP contribution < -0.4 is 4.74 Å². The van der Waals surface area contributed by atoms with Crippen LogP contribution in [0.15, 0.2) is 70.8 Å². The molecule has 0 saturated heterocycles. The molecule has 0 amide bonds. The zero-order valence-electron chi connectivity index (χ0n) is 15.6. The summed E-state index contributed by atoms with van der Waals surface area (Å²) in [6.07, 6.45) is 6.61. The Morgan fingerprint density at radius 2 is 1.96 bits per heavy atom. The Bertz CT molecular complexity index is 1020. The smallest absolute Gasteiger partial charge is 0.146 e. The summed E-state index contributed by atoms with van der Waals surface area (Å²) in [5, 5.41) is 1.12. The van der Waals surface area contributed by atoms with Gasteiger partial charge in [0.1, 0.15) is 23.7 Å². The van der Waals surface area contributed by atoms with Gasteiger partial charge in [0.05, 0.1) is 0 Å². The van der Waals surface area contributed by atoms with Gasteiger partial charge in [0.25, 0.3) is 0 Å². The molecule has 3 nitrogen and oxygen atoms in total. The molecule has 1 aliphatic carbocycles. The van der Waals surface area contributed by atoms with Gasteiger partial charge in [-0.25, -0.2) is 0 Å². The third kappa shape index (κ3) is 3.14. The first-order chi connectivity index (χ1) is 13.3. The number of hydrogen-bond acceptors (Lipinski definition) is 3. The minimum absolute atomic E-state index is 0.453. The summed E-state index contributed by atoms with van der Waals surface area (Å²) in [7, 11) is 0. The van der Waals surface area contributed by atoms with Crippen molar-refractivity contribution in [1.29, 1.82) is 0 Å². The van der Waals surface area contributed by atoms with Gasteiger partial charge in [-0.3, -0.25) is 0 Å². The maximum absolute atomic E-state index is 6.01. The van der Waals surface area contributed by atoms with Crippen molar-refractivity contribution in [2.45, 2.75) is 26.4 Å². The number of benzene rings is 2. The van der Waals surface area contributed by atoms with Crippen LogP contribution in [0, 0.1) is 0 Å². The molecule has 1 aliphatic heterocycles. The molecule has 27 heavy (non-hydrogen) atoms. The van der Waals surface area contributed by atoms with Crippen molar-refractivity contribution >= 4 is 16.5 Å². The zero-order chi connectivity index (χ0) is 18.2. The summed E-state index contributed by atoms with van der Waals surface area (Å²) >= 11 is 0. The maximum atomic E-state index is 6.01. The highest BCUT2D eigenvalue weighted by atomic mass is 16.5. The molecule has 0 unspecified atom stereocenters. The van der Waals surface area contributed by atoms with Crippen molar-refractivity contribution in [3.63, 3.8) is 0 Å². The van der Waals surface area contributed by atoms with E-state index in [-0.39, 0.29) is 0 Å². The quantitative estimate of drug-likeness (QED) is 0.598. The largest absolute Gasteiger partial charge is 0.486 e. The molecule has 0 bridgehead atoms. The molecule has 1 aromatic heterocycles. The third-order valence-corrected chi connectivity index (χ3v) is 5.61. The van der Waals surface area contributed by atoms with Gasteiger partial charge < -0.3 is 14.1 Å². The minimum atomic E-state index is 0.453. The lowest BCUT2D eigenvalue weighted by molar-refractivity contribution is 0.274. The Labute approximate surface area is 159 Å². The molecule has 0 radical (unpaired) electrons. The molecule has 0 atom stereocenters. The molecule has 5 rings (SSSR count). The Kier molecular flexibility index (Phi) is 4.01. The van der Waals surface area contributed by atoms with E-state index in [1.165, 1.54) is 16.7 Å². The van der Waals surface area contributed by atoms with E-state index in [0.29, 0.717) is 6.61 Å². The second kappa shape index (κ2) is 6.66. The van der Waals surface area contributed by atoms with E-state index in [1.807, 2.05) is 18.2 Å². The molecule has 136 valence electrons. The molecular weight excluding hydrogens is 334 g/mol. The van der Waals surface area contributed by atoms with Gasteiger partial charge >= 0.3 is 0 Å². The first-order valence-corrected chi connectivity index (χ1v) is 9.59. The fourth-order valence-corrected chi connectivity index (χ4v) is 3.97. The highest BCUT2D eigenvalue weighted by Gasteiger charge is 2.19. The van der Waals surface area contributed by atoms with Gasteiger partial charge in [0.15, 0.2) is 0 Å². The van der Waals surface area contributed by atoms with Crippen LogP contribution >= 0.6 is 0 Å². The predicted molar refractivity (Wildman–Crippen MR) is 109 cm³/mol. The van der Waals surface area contributed by atoms with Crippen molar-refractivity contribution in [2.24, 2.45) is 0 Å². The molecule has 0 fully saturated rings. The van der Waals surface area contributed by atoms with Crippen LogP contribution in [-0.2, 0) is 13.0 Å². The van der Waals surface area contributed by atoms with Crippen LogP contribution in [0.2, 0.25) is 0 Å². The summed E-state index contributed by atoms with van der Waals surface area (Å²) in [5.41, 5.74) is 6.66. The number of para-hydroxylation sites is 1. The van der Waals surface area contributed by atoms with Crippen LogP contribution in [0.1, 0.15) is 30.2 Å². The Morgan fingerprint density at radius 1 is 1.07 bits per heavy atom. The molecule has 3 heteroatoms. The summed E-state index contributed by atoms with van der Waals surface area (Å²) in [4.78, 5) is 2.37. The van der Waals surface area contributed by atoms with Crippen LogP contribution in [-0.4, -0.2) is 18.0 Å². The fourth-order valence-electron chi connectivity index (χ4n) is 3.97. The molecule has 3 aromatic rings. The van der Waals surface area contributed by atoms with Crippen LogP contribution in [0.5, 0.6) is 5.75 Å². The van der Waals surface area contributed by atoms with Gasteiger partial charge in [-0.1, -0.05) is 24.3 Å². The summed E-state index contributed by atoms with van der Waals surface area (Å²) < 4.78 is 11.9. The average Bonchev–Trinajstić information content (AvgIpc) is 3.07. The van der Waals surface area contributed by atoms with Crippen LogP contribution in [0.4, 0.5) is 0 Å². The van der Waals surface area contributed by atoms with Gasteiger partial charge in [-0.05, 0) is 78.6 Å². The number of ether oxygens (including phenoxy) is 1. The van der Waals surface area contributed by atoms with Crippen molar-refractivity contribution < 1.29 is 9.15 Å². The van der Waals surface area contributed by atoms with Crippen molar-refractivity contribution in [1.82, 2.24) is 4.90 Å². The molecule has 0 saturated carbocycles. The van der Waals surface area contributed by atoms with E-state index in [1.54, 1.807) is 5.57 Å². The topological polar surface area (TPSA) is 25.6 Å². The zero-order valence-corrected chi connectivity index (χ0v) is 15.6. The fraction of sp³-hybridized carbons (Fsp3) is 0.250. The first kappa shape index (κ1) is 16.2. The van der Waals surface area contributed by atoms with E-state index in [0.717, 1.165) is 48.4 Å². The number of furan rings is 1.